The summed E-state index contributed by atoms with van der Waals surface area (Å²) in [5.41, 5.74) is 2.69. The van der Waals surface area contributed by atoms with Crippen LogP contribution in [0.3, 0.4) is 0 Å². The molecule has 8 heteroatoms. The number of rotatable bonds is 6. The quantitative estimate of drug-likeness (QED) is 0.440. The highest BCUT2D eigenvalue weighted by molar-refractivity contribution is 5.94. The van der Waals surface area contributed by atoms with Crippen LogP contribution in [0.15, 0.2) is 96.3 Å². The lowest BCUT2D eigenvalue weighted by molar-refractivity contribution is 0.0725. The molecule has 0 fully saturated rings. The smallest absolute Gasteiger partial charge is 0.258 e. The van der Waals surface area contributed by atoms with Crippen LogP contribution in [0, 0.1) is 0 Å². The molecule has 0 bridgehead atoms. The summed E-state index contributed by atoms with van der Waals surface area (Å²) < 4.78 is 1.62. The van der Waals surface area contributed by atoms with Crippen LogP contribution in [0.4, 0.5) is 0 Å². The number of aromatic nitrogens is 5. The van der Waals surface area contributed by atoms with E-state index in [4.69, 9.17) is 0 Å². The van der Waals surface area contributed by atoms with Crippen LogP contribution in [0.25, 0.3) is 16.6 Å². The Balaban J connectivity index is 1.46. The predicted molar refractivity (Wildman–Crippen MR) is 124 cm³/mol. The van der Waals surface area contributed by atoms with Crippen LogP contribution in [0.1, 0.15) is 21.7 Å². The van der Waals surface area contributed by atoms with Crippen LogP contribution in [-0.2, 0) is 13.1 Å². The molecule has 5 aromatic rings. The molecular weight excluding hydrogens is 416 g/mol. The van der Waals surface area contributed by atoms with Gasteiger partial charge in [0.1, 0.15) is 18.5 Å². The molecule has 2 aromatic heterocycles. The lowest BCUT2D eigenvalue weighted by Crippen LogP contribution is -2.31. The van der Waals surface area contributed by atoms with E-state index >= 15 is 0 Å². The lowest BCUT2D eigenvalue weighted by atomic mass is 10.1. The second-order valence-electron chi connectivity index (χ2n) is 7.56. The molecule has 0 saturated carbocycles. The molecule has 0 saturated heterocycles. The molecule has 33 heavy (non-hydrogen) atoms. The summed E-state index contributed by atoms with van der Waals surface area (Å²) in [7, 11) is 0. The number of nitrogens with zero attached hydrogens (tertiary/aromatic N) is 5. The number of aromatic amines is 1. The van der Waals surface area contributed by atoms with Gasteiger partial charge in [-0.05, 0) is 42.0 Å². The molecule has 2 heterocycles. The Bertz CT molecular complexity index is 1440. The molecule has 3 aromatic carbocycles. The molecule has 0 radical (unpaired) electrons. The average Bonchev–Trinajstić information content (AvgIpc) is 3.39. The number of H-pyrrole nitrogens is 1. The van der Waals surface area contributed by atoms with Crippen LogP contribution in [0.5, 0.6) is 0 Å². The molecule has 1 amide bonds. The first-order valence-corrected chi connectivity index (χ1v) is 10.4. The van der Waals surface area contributed by atoms with Crippen molar-refractivity contribution >= 4 is 16.8 Å². The highest BCUT2D eigenvalue weighted by Gasteiger charge is 2.18. The number of fused-ring (bicyclic) bond motifs is 1. The highest BCUT2D eigenvalue weighted by atomic mass is 16.2. The third-order valence-electron chi connectivity index (χ3n) is 5.30. The minimum Gasteiger partial charge on any atom is -0.327 e. The van der Waals surface area contributed by atoms with Crippen molar-refractivity contribution in [1.29, 1.82) is 0 Å². The van der Waals surface area contributed by atoms with Gasteiger partial charge in [0.2, 0.25) is 0 Å². The minimum atomic E-state index is -0.222. The van der Waals surface area contributed by atoms with Gasteiger partial charge in [0.05, 0.1) is 23.1 Å². The third-order valence-corrected chi connectivity index (χ3v) is 5.30. The zero-order chi connectivity index (χ0) is 22.6. The van der Waals surface area contributed by atoms with Crippen molar-refractivity contribution in [2.75, 3.05) is 0 Å². The van der Waals surface area contributed by atoms with Gasteiger partial charge in [0, 0.05) is 12.1 Å². The van der Waals surface area contributed by atoms with E-state index in [1.807, 2.05) is 48.5 Å². The van der Waals surface area contributed by atoms with Crippen molar-refractivity contribution < 1.29 is 4.79 Å². The number of para-hydroxylation sites is 1. The summed E-state index contributed by atoms with van der Waals surface area (Å²) in [5.74, 6) is 0.266. The van der Waals surface area contributed by atoms with Crippen LogP contribution >= 0.6 is 0 Å². The number of carbonyl (C=O) groups excluding carboxylic acids is 1. The monoisotopic (exact) mass is 436 g/mol. The van der Waals surface area contributed by atoms with E-state index in [2.05, 4.69) is 20.1 Å². The SMILES string of the molecule is O=C(c1ccc(-n2cncn2)cc1)N(Cc1ccccc1)Cc1nc2ccccc2c(=O)[nH]1. The van der Waals surface area contributed by atoms with Crippen LogP contribution < -0.4 is 5.56 Å². The van der Waals surface area contributed by atoms with E-state index in [9.17, 15) is 9.59 Å². The zero-order valence-corrected chi connectivity index (χ0v) is 17.6. The predicted octanol–water partition coefficient (Wildman–Crippen LogP) is 3.35. The minimum absolute atomic E-state index is 0.165. The largest absolute Gasteiger partial charge is 0.327 e. The number of hydrogen-bond donors (Lipinski definition) is 1. The summed E-state index contributed by atoms with van der Waals surface area (Å²) in [6.45, 7) is 0.541. The molecule has 0 unspecified atom stereocenters. The second kappa shape index (κ2) is 8.88. The molecule has 162 valence electrons. The molecule has 1 N–H and O–H groups in total. The first kappa shape index (κ1) is 20.3. The molecule has 0 atom stereocenters. The number of hydrogen-bond acceptors (Lipinski definition) is 5. The van der Waals surface area contributed by atoms with Crippen LogP contribution in [-0.4, -0.2) is 35.5 Å². The standard InChI is InChI=1S/C25H20N6O2/c32-24-21-8-4-5-9-22(21)28-23(29-24)15-30(14-18-6-2-1-3-7-18)25(33)19-10-12-20(13-11-19)31-17-26-16-27-31/h1-13,16-17H,14-15H2,(H,28,29,32). The number of amides is 1. The average molecular weight is 436 g/mol. The first-order valence-electron chi connectivity index (χ1n) is 10.4. The summed E-state index contributed by atoms with van der Waals surface area (Å²) in [6.07, 6.45) is 3.05. The third kappa shape index (κ3) is 4.40. The lowest BCUT2D eigenvalue weighted by Gasteiger charge is -2.23. The number of benzene rings is 3. The van der Waals surface area contributed by atoms with E-state index in [1.165, 1.54) is 6.33 Å². The summed E-state index contributed by atoms with van der Waals surface area (Å²) >= 11 is 0. The van der Waals surface area contributed by atoms with Gasteiger partial charge in [-0.1, -0.05) is 42.5 Å². The Morgan fingerprint density at radius 1 is 0.909 bits per heavy atom. The Morgan fingerprint density at radius 2 is 1.67 bits per heavy atom. The van der Waals surface area contributed by atoms with Gasteiger partial charge in [-0.25, -0.2) is 14.6 Å². The van der Waals surface area contributed by atoms with Crippen molar-refractivity contribution in [2.45, 2.75) is 13.1 Å². The molecule has 5 rings (SSSR count). The Kier molecular flexibility index (Phi) is 5.47. The molecule has 0 aliphatic heterocycles. The normalized spacial score (nSPS) is 10.9. The van der Waals surface area contributed by atoms with E-state index in [0.717, 1.165) is 11.3 Å². The highest BCUT2D eigenvalue weighted by Crippen LogP contribution is 2.16. The first-order chi connectivity index (χ1) is 16.2. The fourth-order valence-electron chi connectivity index (χ4n) is 3.67. The fraction of sp³-hybridized carbons (Fsp3) is 0.0800. The Labute approximate surface area is 189 Å². The van der Waals surface area contributed by atoms with E-state index in [-0.39, 0.29) is 18.0 Å². The second-order valence-corrected chi connectivity index (χ2v) is 7.56. The summed E-state index contributed by atoms with van der Waals surface area (Å²) in [6, 6.07) is 24.0. The zero-order valence-electron chi connectivity index (χ0n) is 17.6. The number of nitrogens with one attached hydrogen (secondary N) is 1. The van der Waals surface area contributed by atoms with Gasteiger partial charge in [0.25, 0.3) is 11.5 Å². The van der Waals surface area contributed by atoms with Crippen molar-refractivity contribution in [3.8, 4) is 5.69 Å². The van der Waals surface area contributed by atoms with Gasteiger partial charge in [-0.3, -0.25) is 9.59 Å². The van der Waals surface area contributed by atoms with Gasteiger partial charge in [-0.2, -0.15) is 5.10 Å². The molecule has 8 nitrogen and oxygen atoms in total. The summed E-state index contributed by atoms with van der Waals surface area (Å²) in [5, 5.41) is 4.63. The van der Waals surface area contributed by atoms with Crippen molar-refractivity contribution in [2.24, 2.45) is 0 Å². The van der Waals surface area contributed by atoms with E-state index in [1.54, 1.807) is 46.2 Å². The maximum Gasteiger partial charge on any atom is 0.258 e. The molecule has 0 aliphatic rings. The van der Waals surface area contributed by atoms with Gasteiger partial charge < -0.3 is 9.88 Å². The maximum absolute atomic E-state index is 13.5. The Morgan fingerprint density at radius 3 is 2.42 bits per heavy atom. The molecular formula is C25H20N6O2. The Hall–Kier alpha value is -4.59. The van der Waals surface area contributed by atoms with Gasteiger partial charge in [0.15, 0.2) is 0 Å². The van der Waals surface area contributed by atoms with Crippen LogP contribution in [0.2, 0.25) is 0 Å². The molecule has 0 aliphatic carbocycles. The van der Waals surface area contributed by atoms with Gasteiger partial charge in [-0.15, -0.1) is 0 Å². The van der Waals surface area contributed by atoms with Gasteiger partial charge >= 0.3 is 0 Å². The van der Waals surface area contributed by atoms with Crippen molar-refractivity contribution in [1.82, 2.24) is 29.6 Å². The van der Waals surface area contributed by atoms with Crippen molar-refractivity contribution in [3.63, 3.8) is 0 Å². The van der Waals surface area contributed by atoms with E-state index in [0.29, 0.717) is 28.8 Å². The number of carbonyl (C=O) groups is 1. The van der Waals surface area contributed by atoms with Crippen molar-refractivity contribution in [3.05, 3.63) is 119 Å². The fourth-order valence-corrected chi connectivity index (χ4v) is 3.67. The summed E-state index contributed by atoms with van der Waals surface area (Å²) in [4.78, 5) is 39.0. The topological polar surface area (TPSA) is 96.8 Å². The van der Waals surface area contributed by atoms with E-state index < -0.39 is 0 Å². The maximum atomic E-state index is 13.5. The molecule has 0 spiro atoms.